The summed E-state index contributed by atoms with van der Waals surface area (Å²) in [6.45, 7) is 0.967. The third-order valence-electron chi connectivity index (χ3n) is 5.20. The Labute approximate surface area is 154 Å². The smallest absolute Gasteiger partial charge is 0.239 e. The van der Waals surface area contributed by atoms with Gasteiger partial charge in [-0.1, -0.05) is 49.6 Å². The van der Waals surface area contributed by atoms with Crippen molar-refractivity contribution in [3.63, 3.8) is 0 Å². The molecule has 1 aromatic heterocycles. The van der Waals surface area contributed by atoms with Crippen LogP contribution in [0.4, 0.5) is 17.5 Å². The highest BCUT2D eigenvalue weighted by molar-refractivity contribution is 5.92. The van der Waals surface area contributed by atoms with Gasteiger partial charge >= 0.3 is 0 Å². The van der Waals surface area contributed by atoms with E-state index in [0.29, 0.717) is 11.9 Å². The molecule has 0 spiro atoms. The zero-order valence-electron chi connectivity index (χ0n) is 14.9. The van der Waals surface area contributed by atoms with E-state index >= 15 is 0 Å². The van der Waals surface area contributed by atoms with Crippen molar-refractivity contribution in [2.45, 2.75) is 32.1 Å². The van der Waals surface area contributed by atoms with E-state index in [9.17, 15) is 0 Å². The summed E-state index contributed by atoms with van der Waals surface area (Å²) >= 11 is 0. The molecule has 5 nitrogen and oxygen atoms in total. The minimum Gasteiger partial charge on any atom is -0.325 e. The lowest BCUT2D eigenvalue weighted by Gasteiger charge is -2.31. The number of para-hydroxylation sites is 2. The Morgan fingerprint density at radius 2 is 1.65 bits per heavy atom. The molecule has 1 heterocycles. The zero-order chi connectivity index (χ0) is 17.8. The van der Waals surface area contributed by atoms with Crippen LogP contribution in [-0.2, 0) is 0 Å². The first kappa shape index (κ1) is 16.8. The topological polar surface area (TPSA) is 67.1 Å². The van der Waals surface area contributed by atoms with E-state index in [2.05, 4.69) is 45.6 Å². The highest BCUT2D eigenvalue weighted by Gasteiger charge is 2.22. The molecule has 1 aliphatic carbocycles. The zero-order valence-corrected chi connectivity index (χ0v) is 14.9. The minimum absolute atomic E-state index is 0.447. The van der Waals surface area contributed by atoms with Gasteiger partial charge in [0.05, 0.1) is 5.52 Å². The van der Waals surface area contributed by atoms with Gasteiger partial charge in [0.25, 0.3) is 0 Å². The van der Waals surface area contributed by atoms with Gasteiger partial charge < -0.3 is 4.90 Å². The molecular weight excluding hydrogens is 322 g/mol. The minimum atomic E-state index is 0.447. The van der Waals surface area contributed by atoms with Gasteiger partial charge in [0.1, 0.15) is 5.82 Å². The van der Waals surface area contributed by atoms with E-state index in [1.807, 2.05) is 24.3 Å². The lowest BCUT2D eigenvalue weighted by Crippen LogP contribution is -2.28. The molecule has 1 saturated carbocycles. The second-order valence-electron chi connectivity index (χ2n) is 6.98. The molecule has 26 heavy (non-hydrogen) atoms. The third kappa shape index (κ3) is 3.48. The molecule has 0 saturated heterocycles. The Morgan fingerprint density at radius 1 is 0.923 bits per heavy atom. The number of anilines is 3. The van der Waals surface area contributed by atoms with Crippen molar-refractivity contribution < 1.29 is 0 Å². The number of nitrogens with zero attached hydrogens (tertiary/aromatic N) is 3. The summed E-state index contributed by atoms with van der Waals surface area (Å²) in [5, 5.41) is 1.05. The Kier molecular flexibility index (Phi) is 4.97. The number of nitrogen functional groups attached to an aromatic ring is 1. The second kappa shape index (κ2) is 7.70. The van der Waals surface area contributed by atoms with Crippen LogP contribution < -0.4 is 16.2 Å². The molecule has 3 aromatic rings. The molecule has 0 atom stereocenters. The van der Waals surface area contributed by atoms with Gasteiger partial charge in [-0.2, -0.15) is 4.98 Å². The Balaban J connectivity index is 1.81. The van der Waals surface area contributed by atoms with Crippen LogP contribution in [-0.4, -0.2) is 16.5 Å². The predicted octanol–water partition coefficient (Wildman–Crippen LogP) is 4.63. The van der Waals surface area contributed by atoms with Crippen molar-refractivity contribution >= 4 is 28.4 Å². The highest BCUT2D eigenvalue weighted by atomic mass is 15.3. The van der Waals surface area contributed by atoms with E-state index in [1.54, 1.807) is 0 Å². The number of aromatic nitrogens is 2. The van der Waals surface area contributed by atoms with Gasteiger partial charge in [-0.3, -0.25) is 5.43 Å². The number of hydrogen-bond donors (Lipinski definition) is 2. The number of nitrogens with one attached hydrogen (secondary N) is 1. The lowest BCUT2D eigenvalue weighted by atomic mass is 9.88. The fourth-order valence-electron chi connectivity index (χ4n) is 3.88. The van der Waals surface area contributed by atoms with Gasteiger partial charge in [0, 0.05) is 17.6 Å². The summed E-state index contributed by atoms with van der Waals surface area (Å²) in [6, 6.07) is 18.6. The molecule has 0 bridgehead atoms. The van der Waals surface area contributed by atoms with Gasteiger partial charge in [0.15, 0.2) is 0 Å². The average Bonchev–Trinajstić information content (AvgIpc) is 2.72. The van der Waals surface area contributed by atoms with Crippen LogP contribution in [0.15, 0.2) is 54.6 Å². The van der Waals surface area contributed by atoms with Gasteiger partial charge in [-0.25, -0.2) is 10.8 Å². The fraction of sp³-hybridized carbons (Fsp3) is 0.333. The Bertz CT molecular complexity index is 859. The van der Waals surface area contributed by atoms with Crippen LogP contribution in [0.5, 0.6) is 0 Å². The third-order valence-corrected chi connectivity index (χ3v) is 5.20. The number of hydrogen-bond acceptors (Lipinski definition) is 5. The van der Waals surface area contributed by atoms with Crippen LogP contribution in [0.3, 0.4) is 0 Å². The fourth-order valence-corrected chi connectivity index (χ4v) is 3.88. The maximum atomic E-state index is 5.64. The molecule has 3 N–H and O–H groups in total. The van der Waals surface area contributed by atoms with E-state index in [1.165, 1.54) is 32.1 Å². The molecule has 0 aliphatic heterocycles. The summed E-state index contributed by atoms with van der Waals surface area (Å²) in [7, 11) is 0. The summed E-state index contributed by atoms with van der Waals surface area (Å²) in [4.78, 5) is 11.6. The van der Waals surface area contributed by atoms with Crippen molar-refractivity contribution in [3.8, 4) is 0 Å². The number of nitrogens with two attached hydrogens (primary N) is 1. The SMILES string of the molecule is NNc1nc(N(CC2CCCCC2)c2ccccc2)c2ccccc2n1. The largest absolute Gasteiger partial charge is 0.325 e. The summed E-state index contributed by atoms with van der Waals surface area (Å²) in [6.07, 6.45) is 6.59. The molecule has 4 rings (SSSR count). The van der Waals surface area contributed by atoms with E-state index in [0.717, 1.165) is 29.0 Å². The first-order chi connectivity index (χ1) is 12.8. The Hall–Kier alpha value is -2.66. The van der Waals surface area contributed by atoms with Crippen LogP contribution in [0.1, 0.15) is 32.1 Å². The van der Waals surface area contributed by atoms with Crippen LogP contribution in [0.25, 0.3) is 10.9 Å². The average molecular weight is 347 g/mol. The molecule has 1 aliphatic rings. The molecule has 134 valence electrons. The van der Waals surface area contributed by atoms with Crippen molar-refractivity contribution in [2.75, 3.05) is 16.9 Å². The molecule has 2 aromatic carbocycles. The summed E-state index contributed by atoms with van der Waals surface area (Å²) in [5.41, 5.74) is 4.68. The monoisotopic (exact) mass is 347 g/mol. The maximum absolute atomic E-state index is 5.64. The quantitative estimate of drug-likeness (QED) is 0.520. The summed E-state index contributed by atoms with van der Waals surface area (Å²) < 4.78 is 0. The number of hydrazine groups is 1. The maximum Gasteiger partial charge on any atom is 0.239 e. The first-order valence-corrected chi connectivity index (χ1v) is 9.41. The van der Waals surface area contributed by atoms with Crippen LogP contribution in [0.2, 0.25) is 0 Å². The molecule has 0 radical (unpaired) electrons. The highest BCUT2D eigenvalue weighted by Crippen LogP contribution is 2.34. The molecule has 0 unspecified atom stereocenters. The van der Waals surface area contributed by atoms with E-state index in [-0.39, 0.29) is 0 Å². The van der Waals surface area contributed by atoms with E-state index in [4.69, 9.17) is 10.8 Å². The number of rotatable bonds is 5. The van der Waals surface area contributed by atoms with E-state index < -0.39 is 0 Å². The molecular formula is C21H25N5. The summed E-state index contributed by atoms with van der Waals surface area (Å²) in [5.74, 6) is 7.69. The molecule has 5 heteroatoms. The second-order valence-corrected chi connectivity index (χ2v) is 6.98. The van der Waals surface area contributed by atoms with Crippen molar-refractivity contribution in [3.05, 3.63) is 54.6 Å². The van der Waals surface area contributed by atoms with Crippen molar-refractivity contribution in [1.82, 2.24) is 9.97 Å². The van der Waals surface area contributed by atoms with Gasteiger partial charge in [0.2, 0.25) is 5.95 Å². The van der Waals surface area contributed by atoms with Gasteiger partial charge in [-0.15, -0.1) is 0 Å². The molecule has 0 amide bonds. The standard InChI is InChI=1S/C21H25N5/c22-25-21-23-19-14-8-7-13-18(19)20(24-21)26(17-11-5-2-6-12-17)15-16-9-3-1-4-10-16/h2,5-8,11-14,16H,1,3-4,9-10,15,22H2,(H,23,24,25). The number of benzene rings is 2. The number of fused-ring (bicyclic) bond motifs is 1. The van der Waals surface area contributed by atoms with Crippen molar-refractivity contribution in [1.29, 1.82) is 0 Å². The molecule has 1 fully saturated rings. The Morgan fingerprint density at radius 3 is 2.42 bits per heavy atom. The predicted molar refractivity (Wildman–Crippen MR) is 107 cm³/mol. The van der Waals surface area contributed by atoms with Gasteiger partial charge in [-0.05, 0) is 43.0 Å². The first-order valence-electron chi connectivity index (χ1n) is 9.41. The normalized spacial score (nSPS) is 15.1. The lowest BCUT2D eigenvalue weighted by molar-refractivity contribution is 0.364. The van der Waals surface area contributed by atoms with Crippen LogP contribution >= 0.6 is 0 Å². The van der Waals surface area contributed by atoms with Crippen molar-refractivity contribution in [2.24, 2.45) is 11.8 Å². The van der Waals surface area contributed by atoms with Crippen LogP contribution in [0, 0.1) is 5.92 Å².